The van der Waals surface area contributed by atoms with E-state index in [1.807, 2.05) is 0 Å². The molecule has 0 spiro atoms. The quantitative estimate of drug-likeness (QED) is 0.642. The van der Waals surface area contributed by atoms with Gasteiger partial charge in [-0.3, -0.25) is 4.79 Å². The van der Waals surface area contributed by atoms with Crippen LogP contribution in [-0.2, 0) is 0 Å². The van der Waals surface area contributed by atoms with Gasteiger partial charge in [-0.1, -0.05) is 0 Å². The van der Waals surface area contributed by atoms with Gasteiger partial charge in [-0.2, -0.15) is 0 Å². The Morgan fingerprint density at radius 3 is 2.78 bits per heavy atom. The van der Waals surface area contributed by atoms with Crippen molar-refractivity contribution in [1.29, 1.82) is 0 Å². The number of halogens is 1. The monoisotopic (exact) mass is 317 g/mol. The van der Waals surface area contributed by atoms with Crippen LogP contribution in [0.25, 0.3) is 0 Å². The number of hydrogen-bond acceptors (Lipinski definition) is 5. The van der Waals surface area contributed by atoms with E-state index in [0.29, 0.717) is 4.47 Å². The fraction of sp³-hybridized carbons (Fsp3) is 0.400. The van der Waals surface area contributed by atoms with E-state index in [-0.39, 0.29) is 12.1 Å². The second kappa shape index (κ2) is 5.40. The van der Waals surface area contributed by atoms with E-state index in [2.05, 4.69) is 26.2 Å². The molecule has 0 aromatic carbocycles. The molecular formula is C10H12BrN3O4. The lowest BCUT2D eigenvalue weighted by atomic mass is 10.1. The number of nitro groups is 1. The van der Waals surface area contributed by atoms with Crippen molar-refractivity contribution in [3.05, 3.63) is 32.4 Å². The van der Waals surface area contributed by atoms with E-state index in [1.165, 1.54) is 20.0 Å². The first-order chi connectivity index (χ1) is 8.20. The summed E-state index contributed by atoms with van der Waals surface area (Å²) in [6.45, 7) is 3.11. The number of nitrogens with zero attached hydrogens (tertiary/aromatic N) is 2. The molecule has 1 heterocycles. The highest BCUT2D eigenvalue weighted by molar-refractivity contribution is 9.10. The van der Waals surface area contributed by atoms with Gasteiger partial charge in [-0.15, -0.1) is 0 Å². The van der Waals surface area contributed by atoms with Crippen LogP contribution in [0.5, 0.6) is 0 Å². The lowest BCUT2D eigenvalue weighted by molar-refractivity contribution is -0.389. The van der Waals surface area contributed by atoms with Crippen LogP contribution in [0.15, 0.2) is 16.7 Å². The zero-order valence-electron chi connectivity index (χ0n) is 9.81. The third-order valence-electron chi connectivity index (χ3n) is 1.95. The van der Waals surface area contributed by atoms with E-state index < -0.39 is 22.2 Å². The fourth-order valence-corrected chi connectivity index (χ4v) is 1.49. The summed E-state index contributed by atoms with van der Waals surface area (Å²) in [7, 11) is 0. The lowest BCUT2D eigenvalue weighted by Gasteiger charge is -2.17. The highest BCUT2D eigenvalue weighted by Gasteiger charge is 2.19. The van der Waals surface area contributed by atoms with Gasteiger partial charge in [0.2, 0.25) is 0 Å². The zero-order valence-corrected chi connectivity index (χ0v) is 11.4. The fourth-order valence-electron chi connectivity index (χ4n) is 1.09. The number of aliphatic hydroxyl groups is 1. The molecule has 1 aromatic heterocycles. The number of amides is 1. The average molecular weight is 318 g/mol. The van der Waals surface area contributed by atoms with E-state index in [1.54, 1.807) is 0 Å². The molecule has 1 rings (SSSR count). The summed E-state index contributed by atoms with van der Waals surface area (Å²) >= 11 is 3.09. The molecule has 0 aliphatic carbocycles. The van der Waals surface area contributed by atoms with Crippen molar-refractivity contribution in [2.24, 2.45) is 0 Å². The van der Waals surface area contributed by atoms with Crippen LogP contribution in [0.1, 0.15) is 24.2 Å². The Morgan fingerprint density at radius 1 is 1.67 bits per heavy atom. The number of carbonyl (C=O) groups is 1. The van der Waals surface area contributed by atoms with Crippen LogP contribution in [0, 0.1) is 10.1 Å². The van der Waals surface area contributed by atoms with Gasteiger partial charge in [0, 0.05) is 12.6 Å². The van der Waals surface area contributed by atoms with Crippen LogP contribution in [-0.4, -0.2) is 33.1 Å². The molecule has 1 aromatic rings. The minimum atomic E-state index is -1.05. The van der Waals surface area contributed by atoms with Crippen LogP contribution in [0.3, 0.4) is 0 Å². The Morgan fingerprint density at radius 2 is 2.28 bits per heavy atom. The van der Waals surface area contributed by atoms with Gasteiger partial charge < -0.3 is 20.5 Å². The topological polar surface area (TPSA) is 105 Å². The van der Waals surface area contributed by atoms with Crippen molar-refractivity contribution in [2.75, 3.05) is 6.54 Å². The molecule has 0 aliphatic rings. The van der Waals surface area contributed by atoms with E-state index in [0.717, 1.165) is 6.07 Å². The van der Waals surface area contributed by atoms with Crippen LogP contribution in [0.4, 0.5) is 5.82 Å². The molecular weight excluding hydrogens is 306 g/mol. The highest BCUT2D eigenvalue weighted by atomic mass is 79.9. The maximum atomic E-state index is 11.8. The number of pyridine rings is 1. The normalized spacial score (nSPS) is 11.1. The van der Waals surface area contributed by atoms with Gasteiger partial charge in [0.05, 0.1) is 15.6 Å². The Labute approximate surface area is 112 Å². The van der Waals surface area contributed by atoms with Crippen molar-refractivity contribution in [3.8, 4) is 0 Å². The number of rotatable bonds is 4. The van der Waals surface area contributed by atoms with Gasteiger partial charge in [-0.05, 0) is 39.7 Å². The Kier molecular flexibility index (Phi) is 4.36. The summed E-state index contributed by atoms with van der Waals surface area (Å²) in [6, 6.07) is 1.07. The Balaban J connectivity index is 2.91. The smallest absolute Gasteiger partial charge is 0.364 e. The second-order valence-corrected chi connectivity index (χ2v) is 5.13. The molecule has 0 unspecified atom stereocenters. The van der Waals surface area contributed by atoms with Crippen molar-refractivity contribution < 1.29 is 14.8 Å². The summed E-state index contributed by atoms with van der Waals surface area (Å²) < 4.78 is 0.348. The maximum absolute atomic E-state index is 11.8. The number of carbonyl (C=O) groups excluding carboxylic acids is 1. The van der Waals surface area contributed by atoms with Crippen LogP contribution < -0.4 is 5.32 Å². The molecule has 0 fully saturated rings. The van der Waals surface area contributed by atoms with Crippen molar-refractivity contribution >= 4 is 27.7 Å². The molecule has 18 heavy (non-hydrogen) atoms. The first-order valence-electron chi connectivity index (χ1n) is 5.01. The Bertz CT molecular complexity index is 485. The number of hydrogen-bond donors (Lipinski definition) is 2. The van der Waals surface area contributed by atoms with Gasteiger partial charge in [-0.25, -0.2) is 0 Å². The van der Waals surface area contributed by atoms with Crippen molar-refractivity contribution in [2.45, 2.75) is 19.4 Å². The third kappa shape index (κ3) is 4.04. The number of nitrogens with one attached hydrogen (secondary N) is 1. The predicted octanol–water partition coefficient (Wildman–Crippen LogP) is 1.25. The van der Waals surface area contributed by atoms with Gasteiger partial charge in [0.15, 0.2) is 6.20 Å². The van der Waals surface area contributed by atoms with Gasteiger partial charge >= 0.3 is 5.82 Å². The standard InChI is InChI=1S/C10H12BrN3O4/c1-10(2,16)5-13-9(15)6-3-8(14(17)18)12-4-7(6)11/h3-4,16H,5H2,1-2H3,(H,13,15). The first kappa shape index (κ1) is 14.5. The zero-order chi connectivity index (χ0) is 13.9. The summed E-state index contributed by atoms with van der Waals surface area (Å²) in [5.74, 6) is -0.930. The van der Waals surface area contributed by atoms with E-state index in [4.69, 9.17) is 0 Å². The minimum absolute atomic E-state index is 0.0361. The molecule has 8 heteroatoms. The predicted molar refractivity (Wildman–Crippen MR) is 67.2 cm³/mol. The average Bonchev–Trinajstić information content (AvgIpc) is 2.25. The summed E-state index contributed by atoms with van der Waals surface area (Å²) in [6.07, 6.45) is 1.19. The summed E-state index contributed by atoms with van der Waals surface area (Å²) in [5, 5.41) is 22.5. The molecule has 1 amide bonds. The lowest BCUT2D eigenvalue weighted by Crippen LogP contribution is -2.38. The molecule has 2 N–H and O–H groups in total. The van der Waals surface area contributed by atoms with Gasteiger partial charge in [0.25, 0.3) is 5.91 Å². The molecule has 0 bridgehead atoms. The maximum Gasteiger partial charge on any atom is 0.364 e. The van der Waals surface area contributed by atoms with Gasteiger partial charge in [0.1, 0.15) is 0 Å². The van der Waals surface area contributed by atoms with Crippen molar-refractivity contribution in [3.63, 3.8) is 0 Å². The third-order valence-corrected chi connectivity index (χ3v) is 2.59. The first-order valence-corrected chi connectivity index (χ1v) is 5.80. The molecule has 0 aliphatic heterocycles. The molecule has 0 radical (unpaired) electrons. The molecule has 0 saturated carbocycles. The minimum Gasteiger partial charge on any atom is -0.389 e. The van der Waals surface area contributed by atoms with E-state index >= 15 is 0 Å². The summed E-state index contributed by atoms with van der Waals surface area (Å²) in [5.41, 5.74) is -0.956. The summed E-state index contributed by atoms with van der Waals surface area (Å²) in [4.78, 5) is 25.2. The van der Waals surface area contributed by atoms with Crippen LogP contribution >= 0.6 is 15.9 Å². The van der Waals surface area contributed by atoms with E-state index in [9.17, 15) is 20.0 Å². The molecule has 98 valence electrons. The Hall–Kier alpha value is -1.54. The van der Waals surface area contributed by atoms with Crippen LogP contribution in [0.2, 0.25) is 0 Å². The highest BCUT2D eigenvalue weighted by Crippen LogP contribution is 2.19. The molecule has 7 nitrogen and oxygen atoms in total. The molecule has 0 atom stereocenters. The SMILES string of the molecule is CC(C)(O)CNC(=O)c1cc([N+](=O)[O-])ncc1Br. The largest absolute Gasteiger partial charge is 0.389 e. The second-order valence-electron chi connectivity index (χ2n) is 4.27. The molecule has 0 saturated heterocycles. The number of aromatic nitrogens is 1. The van der Waals surface area contributed by atoms with Crippen molar-refractivity contribution in [1.82, 2.24) is 10.3 Å².